The van der Waals surface area contributed by atoms with Crippen molar-refractivity contribution in [1.29, 1.82) is 0 Å². The van der Waals surface area contributed by atoms with Gasteiger partial charge >= 0.3 is 0 Å². The maximum absolute atomic E-state index is 12.9. The second-order valence-corrected chi connectivity index (χ2v) is 10.6. The van der Waals surface area contributed by atoms with E-state index in [2.05, 4.69) is 16.8 Å². The molecule has 1 aliphatic rings. The van der Waals surface area contributed by atoms with Crippen molar-refractivity contribution in [3.05, 3.63) is 24.0 Å². The van der Waals surface area contributed by atoms with Crippen LogP contribution in [0.2, 0.25) is 0 Å². The first-order chi connectivity index (χ1) is 15.4. The van der Waals surface area contributed by atoms with Crippen LogP contribution in [0.4, 0.5) is 0 Å². The van der Waals surface area contributed by atoms with E-state index >= 15 is 0 Å². The lowest BCUT2D eigenvalue weighted by Gasteiger charge is -2.18. The van der Waals surface area contributed by atoms with E-state index in [1.807, 2.05) is 19.9 Å². The quantitative estimate of drug-likeness (QED) is 0.535. The van der Waals surface area contributed by atoms with E-state index in [9.17, 15) is 13.2 Å². The molecule has 178 valence electrons. The molecule has 0 atom stereocenters. The van der Waals surface area contributed by atoms with E-state index in [-0.39, 0.29) is 10.8 Å². The average molecular weight is 463 g/mol. The van der Waals surface area contributed by atoms with Gasteiger partial charge in [0.15, 0.2) is 0 Å². The molecule has 0 aliphatic heterocycles. The molecule has 0 bridgehead atoms. The van der Waals surface area contributed by atoms with Gasteiger partial charge in [-0.2, -0.15) is 4.31 Å². The number of hydrogen-bond donors (Lipinski definition) is 1. The van der Waals surface area contributed by atoms with Crippen LogP contribution in [0.1, 0.15) is 78.0 Å². The minimum atomic E-state index is -3.53. The van der Waals surface area contributed by atoms with Crippen molar-refractivity contribution in [2.45, 2.75) is 96.0 Å². The van der Waals surface area contributed by atoms with Crippen molar-refractivity contribution in [3.8, 4) is 0 Å². The molecule has 1 fully saturated rings. The molecule has 0 spiro atoms. The van der Waals surface area contributed by atoms with Crippen LogP contribution in [-0.2, 0) is 27.8 Å². The molecule has 0 unspecified atom stereocenters. The summed E-state index contributed by atoms with van der Waals surface area (Å²) in [5.74, 6) is 0.923. The van der Waals surface area contributed by atoms with Crippen molar-refractivity contribution in [1.82, 2.24) is 19.2 Å². The number of aromatic nitrogens is 2. The summed E-state index contributed by atoms with van der Waals surface area (Å²) in [5, 5.41) is 3.21. The smallest absolute Gasteiger partial charge is 0.243 e. The van der Waals surface area contributed by atoms with Crippen LogP contribution >= 0.6 is 0 Å². The number of carbonyl (C=O) groups is 1. The molecule has 32 heavy (non-hydrogen) atoms. The van der Waals surface area contributed by atoms with Crippen molar-refractivity contribution in [2.24, 2.45) is 0 Å². The maximum Gasteiger partial charge on any atom is 0.243 e. The number of carbonyl (C=O) groups excluding carboxylic acids is 1. The molecule has 0 saturated heterocycles. The molecule has 1 aromatic carbocycles. The first kappa shape index (κ1) is 24.7. The van der Waals surface area contributed by atoms with E-state index < -0.39 is 10.0 Å². The van der Waals surface area contributed by atoms with Crippen LogP contribution < -0.4 is 5.32 Å². The highest BCUT2D eigenvalue weighted by Crippen LogP contribution is 2.24. The SMILES string of the molecule is CCCn1c(CCC(=O)NC2CCCCCC2)nc2cc(S(=O)(=O)N(CC)CC)ccc21. The van der Waals surface area contributed by atoms with E-state index in [0.29, 0.717) is 37.5 Å². The molecule has 7 nitrogen and oxygen atoms in total. The largest absolute Gasteiger partial charge is 0.353 e. The molecule has 2 aromatic rings. The van der Waals surface area contributed by atoms with Crippen molar-refractivity contribution < 1.29 is 13.2 Å². The lowest BCUT2D eigenvalue weighted by molar-refractivity contribution is -0.121. The van der Waals surface area contributed by atoms with Gasteiger partial charge in [-0.1, -0.05) is 46.5 Å². The number of hydrogen-bond acceptors (Lipinski definition) is 4. The topological polar surface area (TPSA) is 84.3 Å². The van der Waals surface area contributed by atoms with Crippen LogP contribution in [-0.4, -0.2) is 47.3 Å². The zero-order valence-electron chi connectivity index (χ0n) is 19.8. The summed E-state index contributed by atoms with van der Waals surface area (Å²) >= 11 is 0. The van der Waals surface area contributed by atoms with Crippen LogP contribution in [0.3, 0.4) is 0 Å². The summed E-state index contributed by atoms with van der Waals surface area (Å²) in [6.07, 6.45) is 8.93. The van der Waals surface area contributed by atoms with Gasteiger partial charge in [0.2, 0.25) is 15.9 Å². The molecule has 1 aromatic heterocycles. The standard InChI is InChI=1S/C24H38N4O3S/c1-4-17-28-22-14-13-20(32(30,31)27(5-2)6-3)18-21(22)26-23(28)15-16-24(29)25-19-11-9-7-8-10-12-19/h13-14,18-19H,4-12,15-17H2,1-3H3,(H,25,29). The highest BCUT2D eigenvalue weighted by molar-refractivity contribution is 7.89. The Kier molecular flexibility index (Phi) is 8.71. The number of imidazole rings is 1. The number of fused-ring (bicyclic) bond motifs is 1. The van der Waals surface area contributed by atoms with Crippen molar-refractivity contribution in [2.75, 3.05) is 13.1 Å². The Morgan fingerprint density at radius 3 is 2.44 bits per heavy atom. The minimum Gasteiger partial charge on any atom is -0.353 e. The third-order valence-corrected chi connectivity index (χ3v) is 8.43. The molecular weight excluding hydrogens is 424 g/mol. The number of amides is 1. The zero-order chi connectivity index (χ0) is 23.1. The third-order valence-electron chi connectivity index (χ3n) is 6.39. The van der Waals surface area contributed by atoms with E-state index in [1.165, 1.54) is 30.0 Å². The number of benzene rings is 1. The summed E-state index contributed by atoms with van der Waals surface area (Å²) in [4.78, 5) is 17.6. The first-order valence-electron chi connectivity index (χ1n) is 12.2. The number of sulfonamides is 1. The maximum atomic E-state index is 12.9. The first-order valence-corrected chi connectivity index (χ1v) is 13.6. The molecule has 1 heterocycles. The highest BCUT2D eigenvalue weighted by Gasteiger charge is 2.23. The lowest BCUT2D eigenvalue weighted by atomic mass is 10.1. The minimum absolute atomic E-state index is 0.0804. The lowest BCUT2D eigenvalue weighted by Crippen LogP contribution is -2.34. The van der Waals surface area contributed by atoms with Gasteiger partial charge in [-0.3, -0.25) is 4.79 Å². The Balaban J connectivity index is 1.78. The average Bonchev–Trinajstić information content (AvgIpc) is 2.92. The molecule has 0 radical (unpaired) electrons. The molecule has 1 N–H and O–H groups in total. The number of nitrogens with zero attached hydrogens (tertiary/aromatic N) is 3. The second-order valence-electron chi connectivity index (χ2n) is 8.68. The fourth-order valence-electron chi connectivity index (χ4n) is 4.65. The summed E-state index contributed by atoms with van der Waals surface area (Å²) < 4.78 is 29.4. The van der Waals surface area contributed by atoms with Gasteiger partial charge in [-0.05, 0) is 37.5 Å². The second kappa shape index (κ2) is 11.3. The van der Waals surface area contributed by atoms with E-state index in [1.54, 1.807) is 12.1 Å². The highest BCUT2D eigenvalue weighted by atomic mass is 32.2. The Morgan fingerprint density at radius 1 is 1.12 bits per heavy atom. The summed E-state index contributed by atoms with van der Waals surface area (Å²) in [7, 11) is -3.53. The van der Waals surface area contributed by atoms with Gasteiger partial charge in [-0.15, -0.1) is 0 Å². The van der Waals surface area contributed by atoms with E-state index in [0.717, 1.165) is 37.1 Å². The molecule has 1 aliphatic carbocycles. The van der Waals surface area contributed by atoms with E-state index in [4.69, 9.17) is 4.98 Å². The fourth-order valence-corrected chi connectivity index (χ4v) is 6.12. The third kappa shape index (κ3) is 5.70. The van der Waals surface area contributed by atoms with Gasteiger partial charge in [0.25, 0.3) is 0 Å². The number of rotatable bonds is 10. The zero-order valence-corrected chi connectivity index (χ0v) is 20.6. The number of aryl methyl sites for hydroxylation is 2. The Labute approximate surface area is 192 Å². The molecule has 8 heteroatoms. The van der Waals surface area contributed by atoms with Crippen LogP contribution in [0.25, 0.3) is 11.0 Å². The van der Waals surface area contributed by atoms with Crippen molar-refractivity contribution >= 4 is 27.0 Å². The summed E-state index contributed by atoms with van der Waals surface area (Å²) in [6, 6.07) is 5.49. The van der Waals surface area contributed by atoms with Gasteiger partial charge < -0.3 is 9.88 Å². The van der Waals surface area contributed by atoms with Crippen molar-refractivity contribution in [3.63, 3.8) is 0 Å². The Morgan fingerprint density at radius 2 is 1.81 bits per heavy atom. The summed E-state index contributed by atoms with van der Waals surface area (Å²) in [5.41, 5.74) is 1.59. The van der Waals surface area contributed by atoms with Crippen LogP contribution in [0, 0.1) is 0 Å². The Bertz CT molecular complexity index is 1000. The van der Waals surface area contributed by atoms with Gasteiger partial charge in [0, 0.05) is 38.5 Å². The van der Waals surface area contributed by atoms with Crippen LogP contribution in [0.15, 0.2) is 23.1 Å². The number of nitrogens with one attached hydrogen (secondary N) is 1. The monoisotopic (exact) mass is 462 g/mol. The molecular formula is C24H38N4O3S. The molecule has 1 amide bonds. The normalized spacial score (nSPS) is 15.9. The Hall–Kier alpha value is -1.93. The molecule has 3 rings (SSSR count). The van der Waals surface area contributed by atoms with Gasteiger partial charge in [0.1, 0.15) is 5.82 Å². The predicted octanol–water partition coefficient (Wildman–Crippen LogP) is 4.25. The van der Waals surface area contributed by atoms with Gasteiger partial charge in [-0.25, -0.2) is 13.4 Å². The molecule has 1 saturated carbocycles. The predicted molar refractivity (Wildman–Crippen MR) is 128 cm³/mol. The van der Waals surface area contributed by atoms with Crippen LogP contribution in [0.5, 0.6) is 0 Å². The fraction of sp³-hybridized carbons (Fsp3) is 0.667. The van der Waals surface area contributed by atoms with Gasteiger partial charge in [0.05, 0.1) is 15.9 Å². The summed E-state index contributed by atoms with van der Waals surface area (Å²) in [6.45, 7) is 7.44.